The number of methoxy groups -OCH3 is 1. The second kappa shape index (κ2) is 8.39. The van der Waals surface area contributed by atoms with E-state index in [1.807, 2.05) is 44.4 Å². The van der Waals surface area contributed by atoms with Gasteiger partial charge in [0.1, 0.15) is 5.75 Å². The van der Waals surface area contributed by atoms with Crippen molar-refractivity contribution in [2.75, 3.05) is 13.4 Å². The number of hydrogen-bond acceptors (Lipinski definition) is 6. The van der Waals surface area contributed by atoms with Crippen molar-refractivity contribution in [2.45, 2.75) is 38.4 Å². The van der Waals surface area contributed by atoms with Crippen LogP contribution in [0.15, 0.2) is 29.4 Å². The lowest BCUT2D eigenvalue weighted by molar-refractivity contribution is -0.121. The molecule has 0 saturated heterocycles. The molecule has 3 aromatic rings. The van der Waals surface area contributed by atoms with Crippen LogP contribution in [-0.4, -0.2) is 38.9 Å². The van der Waals surface area contributed by atoms with Crippen LogP contribution < -0.4 is 10.1 Å². The molecule has 1 amide bonds. The summed E-state index contributed by atoms with van der Waals surface area (Å²) in [6.07, 6.45) is 2.94. The third-order valence-corrected chi connectivity index (χ3v) is 4.98. The zero-order valence-corrected chi connectivity index (χ0v) is 16.8. The zero-order valence-electron chi connectivity index (χ0n) is 15.9. The lowest BCUT2D eigenvalue weighted by Crippen LogP contribution is -2.23. The minimum absolute atomic E-state index is 0.000102. The summed E-state index contributed by atoms with van der Waals surface area (Å²) < 4.78 is 6.96. The fraction of sp³-hybridized carbons (Fsp3) is 0.368. The maximum Gasteiger partial charge on any atom is 0.253 e. The van der Waals surface area contributed by atoms with Crippen molar-refractivity contribution in [1.29, 1.82) is 0 Å². The van der Waals surface area contributed by atoms with E-state index in [9.17, 15) is 4.79 Å². The maximum atomic E-state index is 12.3. The summed E-state index contributed by atoms with van der Waals surface area (Å²) in [7, 11) is 1.63. The molecule has 8 heteroatoms. The molecular formula is C19H23N5O2S. The molecule has 0 fully saturated rings. The minimum atomic E-state index is 0.000102. The Morgan fingerprint density at radius 1 is 1.30 bits per heavy atom. The van der Waals surface area contributed by atoms with Gasteiger partial charge in [-0.05, 0) is 49.8 Å². The number of aromatic nitrogens is 4. The molecule has 142 valence electrons. The number of amides is 1. The number of benzene rings is 1. The van der Waals surface area contributed by atoms with Crippen molar-refractivity contribution in [1.82, 2.24) is 24.9 Å². The van der Waals surface area contributed by atoms with E-state index in [1.165, 1.54) is 11.8 Å². The third-order valence-electron chi connectivity index (χ3n) is 4.44. The Bertz CT molecular complexity index is 970. The molecule has 2 aromatic heterocycles. The van der Waals surface area contributed by atoms with Crippen LogP contribution in [0.2, 0.25) is 0 Å². The number of thioether (sulfide) groups is 1. The Morgan fingerprint density at radius 2 is 2.11 bits per heavy atom. The summed E-state index contributed by atoms with van der Waals surface area (Å²) in [5.41, 5.74) is 3.91. The molecule has 0 unspecified atom stereocenters. The normalized spacial score (nSPS) is 11.0. The number of rotatable bonds is 7. The lowest BCUT2D eigenvalue weighted by atomic mass is 10.1. The number of carbonyl (C=O) groups is 1. The molecule has 0 atom stereocenters. The summed E-state index contributed by atoms with van der Waals surface area (Å²) in [6.45, 7) is 4.42. The molecule has 0 spiro atoms. The van der Waals surface area contributed by atoms with Gasteiger partial charge >= 0.3 is 0 Å². The number of nitrogens with one attached hydrogen (secondary N) is 1. The van der Waals surface area contributed by atoms with E-state index in [0.717, 1.165) is 28.3 Å². The van der Waals surface area contributed by atoms with E-state index in [-0.39, 0.29) is 5.91 Å². The number of nitrogens with zero attached hydrogens (tertiary/aromatic N) is 4. The summed E-state index contributed by atoms with van der Waals surface area (Å²) in [6, 6.07) is 7.67. The number of ether oxygens (including phenoxy) is 1. The summed E-state index contributed by atoms with van der Waals surface area (Å²) >= 11 is 1.48. The van der Waals surface area contributed by atoms with E-state index in [2.05, 4.69) is 20.4 Å². The summed E-state index contributed by atoms with van der Waals surface area (Å²) in [5.74, 6) is 1.38. The number of carbonyl (C=O) groups excluding carboxylic acids is 1. The number of fused-ring (bicyclic) bond motifs is 1. The zero-order chi connectivity index (χ0) is 19.4. The van der Waals surface area contributed by atoms with Crippen LogP contribution in [0.1, 0.15) is 28.9 Å². The van der Waals surface area contributed by atoms with E-state index in [0.29, 0.717) is 30.3 Å². The van der Waals surface area contributed by atoms with Crippen molar-refractivity contribution >= 4 is 23.4 Å². The van der Waals surface area contributed by atoms with Crippen molar-refractivity contribution in [3.05, 3.63) is 46.8 Å². The summed E-state index contributed by atoms with van der Waals surface area (Å²) in [4.78, 5) is 21.2. The minimum Gasteiger partial charge on any atom is -0.497 e. The first-order valence-electron chi connectivity index (χ1n) is 8.68. The highest BCUT2D eigenvalue weighted by Gasteiger charge is 2.14. The van der Waals surface area contributed by atoms with Crippen LogP contribution in [0.25, 0.3) is 5.78 Å². The Hall–Kier alpha value is -2.61. The fourth-order valence-electron chi connectivity index (χ4n) is 2.95. The topological polar surface area (TPSA) is 81.4 Å². The van der Waals surface area contributed by atoms with E-state index in [1.54, 1.807) is 11.6 Å². The van der Waals surface area contributed by atoms with Crippen LogP contribution in [0.4, 0.5) is 0 Å². The average molecular weight is 385 g/mol. The van der Waals surface area contributed by atoms with Gasteiger partial charge in [0.15, 0.2) is 0 Å². The van der Waals surface area contributed by atoms with Crippen molar-refractivity contribution in [3.63, 3.8) is 0 Å². The molecule has 1 aromatic carbocycles. The summed E-state index contributed by atoms with van der Waals surface area (Å²) in [5, 5.41) is 8.10. The van der Waals surface area contributed by atoms with E-state index in [4.69, 9.17) is 4.74 Å². The Kier molecular flexibility index (Phi) is 5.95. The molecule has 0 aliphatic carbocycles. The molecule has 0 radical (unpaired) electrons. The monoisotopic (exact) mass is 385 g/mol. The third kappa shape index (κ3) is 4.39. The molecular weight excluding hydrogens is 362 g/mol. The quantitative estimate of drug-likeness (QED) is 0.630. The van der Waals surface area contributed by atoms with E-state index < -0.39 is 0 Å². The molecule has 0 aliphatic heterocycles. The van der Waals surface area contributed by atoms with Crippen LogP contribution in [0.5, 0.6) is 5.75 Å². The van der Waals surface area contributed by atoms with Gasteiger partial charge < -0.3 is 10.1 Å². The van der Waals surface area contributed by atoms with Crippen molar-refractivity contribution < 1.29 is 9.53 Å². The standard InChI is InChI=1S/C19H23N5O2S/c1-12-16(13(2)24-18(21-12)22-19(23-24)27-4)8-9-17(25)20-11-14-6-5-7-15(10-14)26-3/h5-7,10H,8-9,11H2,1-4H3,(H,20,25). The first kappa shape index (κ1) is 19.2. The van der Waals surface area contributed by atoms with Gasteiger partial charge in [-0.25, -0.2) is 9.50 Å². The number of aryl methyl sites for hydroxylation is 2. The molecule has 0 saturated carbocycles. The molecule has 0 bridgehead atoms. The van der Waals surface area contributed by atoms with Gasteiger partial charge in [0.25, 0.3) is 5.78 Å². The van der Waals surface area contributed by atoms with Crippen LogP contribution in [-0.2, 0) is 17.8 Å². The first-order chi connectivity index (χ1) is 13.0. The molecule has 7 nitrogen and oxygen atoms in total. The fourth-order valence-corrected chi connectivity index (χ4v) is 3.28. The molecule has 27 heavy (non-hydrogen) atoms. The highest BCUT2D eigenvalue weighted by atomic mass is 32.2. The predicted octanol–water partition coefficient (Wildman–Crippen LogP) is 2.72. The van der Waals surface area contributed by atoms with Crippen LogP contribution in [0, 0.1) is 13.8 Å². The molecule has 0 aliphatic rings. The van der Waals surface area contributed by atoms with Crippen molar-refractivity contribution in [3.8, 4) is 5.75 Å². The Labute approximate surface area is 162 Å². The molecule has 3 rings (SSSR count). The predicted molar refractivity (Wildman–Crippen MR) is 105 cm³/mol. The van der Waals surface area contributed by atoms with Gasteiger partial charge in [-0.1, -0.05) is 23.9 Å². The largest absolute Gasteiger partial charge is 0.497 e. The van der Waals surface area contributed by atoms with Crippen molar-refractivity contribution in [2.24, 2.45) is 0 Å². The van der Waals surface area contributed by atoms with Crippen LogP contribution >= 0.6 is 11.8 Å². The van der Waals surface area contributed by atoms with Gasteiger partial charge in [0.2, 0.25) is 11.1 Å². The highest BCUT2D eigenvalue weighted by molar-refractivity contribution is 7.98. The first-order valence-corrected chi connectivity index (χ1v) is 9.90. The second-order valence-electron chi connectivity index (χ2n) is 6.20. The van der Waals surface area contributed by atoms with Crippen LogP contribution in [0.3, 0.4) is 0 Å². The molecule has 1 N–H and O–H groups in total. The average Bonchev–Trinajstić information content (AvgIpc) is 3.09. The SMILES string of the molecule is COc1cccc(CNC(=O)CCc2c(C)nc3nc(SC)nn3c2C)c1. The lowest BCUT2D eigenvalue weighted by Gasteiger charge is -2.11. The smallest absolute Gasteiger partial charge is 0.253 e. The van der Waals surface area contributed by atoms with Gasteiger partial charge in [0.05, 0.1) is 7.11 Å². The van der Waals surface area contributed by atoms with Gasteiger partial charge in [-0.2, -0.15) is 4.98 Å². The Balaban J connectivity index is 1.64. The number of hydrogen-bond donors (Lipinski definition) is 1. The molecule has 2 heterocycles. The Morgan fingerprint density at radius 3 is 2.85 bits per heavy atom. The van der Waals surface area contributed by atoms with Gasteiger partial charge in [-0.15, -0.1) is 5.10 Å². The van der Waals surface area contributed by atoms with Gasteiger partial charge in [-0.3, -0.25) is 4.79 Å². The second-order valence-corrected chi connectivity index (χ2v) is 6.97. The maximum absolute atomic E-state index is 12.3. The van der Waals surface area contributed by atoms with Gasteiger partial charge in [0, 0.05) is 24.4 Å². The highest BCUT2D eigenvalue weighted by Crippen LogP contribution is 2.18. The van der Waals surface area contributed by atoms with E-state index >= 15 is 0 Å².